The number of rotatable bonds is 3. The standard InChI is InChI=1S/C15H19N3O4/c1-10-6-7-11(9-13(10)18(21)22)14(19)17-8-4-5-12(17)15(20)16(2)3/h6-7,9,12H,4-5,8H2,1-3H3. The van der Waals surface area contributed by atoms with Crippen molar-refractivity contribution in [3.8, 4) is 0 Å². The van der Waals surface area contributed by atoms with Gasteiger partial charge in [-0.1, -0.05) is 6.07 Å². The molecular weight excluding hydrogens is 286 g/mol. The lowest BCUT2D eigenvalue weighted by Gasteiger charge is -2.26. The molecule has 22 heavy (non-hydrogen) atoms. The molecule has 1 unspecified atom stereocenters. The van der Waals surface area contributed by atoms with Crippen molar-refractivity contribution in [2.24, 2.45) is 0 Å². The predicted molar refractivity (Wildman–Crippen MR) is 80.6 cm³/mol. The molecular formula is C15H19N3O4. The first-order valence-corrected chi connectivity index (χ1v) is 7.10. The number of amides is 2. The second-order valence-corrected chi connectivity index (χ2v) is 5.65. The molecule has 0 bridgehead atoms. The zero-order valence-electron chi connectivity index (χ0n) is 12.9. The van der Waals surface area contributed by atoms with E-state index >= 15 is 0 Å². The first kappa shape index (κ1) is 15.9. The Morgan fingerprint density at radius 2 is 2.05 bits per heavy atom. The third kappa shape index (κ3) is 2.93. The quantitative estimate of drug-likeness (QED) is 0.627. The van der Waals surface area contributed by atoms with Gasteiger partial charge in [-0.2, -0.15) is 0 Å². The molecule has 0 spiro atoms. The lowest BCUT2D eigenvalue weighted by Crippen LogP contribution is -2.45. The molecule has 1 aromatic rings. The number of nitro groups is 1. The van der Waals surface area contributed by atoms with Crippen molar-refractivity contribution >= 4 is 17.5 Å². The van der Waals surface area contributed by atoms with Gasteiger partial charge in [-0.25, -0.2) is 0 Å². The number of nitro benzene ring substituents is 1. The molecule has 0 aromatic heterocycles. The Kier molecular flexibility index (Phi) is 4.44. The second kappa shape index (κ2) is 6.13. The maximum absolute atomic E-state index is 12.6. The number of carbonyl (C=O) groups excluding carboxylic acids is 2. The van der Waals surface area contributed by atoms with E-state index in [2.05, 4.69) is 0 Å². The summed E-state index contributed by atoms with van der Waals surface area (Å²) in [6.45, 7) is 2.12. The highest BCUT2D eigenvalue weighted by molar-refractivity contribution is 5.98. The number of nitrogens with zero attached hydrogens (tertiary/aromatic N) is 3. The fourth-order valence-electron chi connectivity index (χ4n) is 2.67. The van der Waals surface area contributed by atoms with Crippen LogP contribution in [0.1, 0.15) is 28.8 Å². The highest BCUT2D eigenvalue weighted by Gasteiger charge is 2.35. The van der Waals surface area contributed by atoms with E-state index in [4.69, 9.17) is 0 Å². The van der Waals surface area contributed by atoms with E-state index in [9.17, 15) is 19.7 Å². The van der Waals surface area contributed by atoms with Gasteiger partial charge in [0.1, 0.15) is 6.04 Å². The highest BCUT2D eigenvalue weighted by atomic mass is 16.6. The molecule has 118 valence electrons. The average Bonchev–Trinajstić information content (AvgIpc) is 2.94. The van der Waals surface area contributed by atoms with E-state index in [1.165, 1.54) is 15.9 Å². The monoisotopic (exact) mass is 305 g/mol. The molecule has 1 saturated heterocycles. The molecule has 0 saturated carbocycles. The number of hydrogen-bond acceptors (Lipinski definition) is 4. The topological polar surface area (TPSA) is 83.8 Å². The van der Waals surface area contributed by atoms with Gasteiger partial charge in [0.25, 0.3) is 11.6 Å². The Morgan fingerprint density at radius 3 is 2.64 bits per heavy atom. The van der Waals surface area contributed by atoms with Crippen LogP contribution in [0.5, 0.6) is 0 Å². The lowest BCUT2D eigenvalue weighted by molar-refractivity contribution is -0.385. The summed E-state index contributed by atoms with van der Waals surface area (Å²) in [6.07, 6.45) is 1.38. The van der Waals surface area contributed by atoms with Crippen molar-refractivity contribution in [3.63, 3.8) is 0 Å². The van der Waals surface area contributed by atoms with Crippen LogP contribution in [0, 0.1) is 17.0 Å². The molecule has 0 aliphatic carbocycles. The maximum atomic E-state index is 12.6. The van der Waals surface area contributed by atoms with Crippen molar-refractivity contribution < 1.29 is 14.5 Å². The second-order valence-electron chi connectivity index (χ2n) is 5.65. The van der Waals surface area contributed by atoms with Gasteiger partial charge in [-0.3, -0.25) is 19.7 Å². The zero-order valence-corrected chi connectivity index (χ0v) is 12.9. The Morgan fingerprint density at radius 1 is 1.36 bits per heavy atom. The van der Waals surface area contributed by atoms with Crippen LogP contribution < -0.4 is 0 Å². The molecule has 2 rings (SSSR count). The van der Waals surface area contributed by atoms with Crippen LogP contribution in [0.4, 0.5) is 5.69 Å². The van der Waals surface area contributed by atoms with Gasteiger partial charge < -0.3 is 9.80 Å². The first-order chi connectivity index (χ1) is 10.3. The Hall–Kier alpha value is -2.44. The lowest BCUT2D eigenvalue weighted by atomic mass is 10.1. The Balaban J connectivity index is 2.29. The summed E-state index contributed by atoms with van der Waals surface area (Å²) in [7, 11) is 3.31. The molecule has 0 N–H and O–H groups in total. The largest absolute Gasteiger partial charge is 0.347 e. The molecule has 1 aliphatic heterocycles. The smallest absolute Gasteiger partial charge is 0.273 e. The normalized spacial score (nSPS) is 17.4. The summed E-state index contributed by atoms with van der Waals surface area (Å²) < 4.78 is 0. The van der Waals surface area contributed by atoms with Crippen LogP contribution in [-0.2, 0) is 4.79 Å². The molecule has 1 atom stereocenters. The third-order valence-corrected chi connectivity index (χ3v) is 3.89. The summed E-state index contributed by atoms with van der Waals surface area (Å²) in [4.78, 5) is 38.2. The van der Waals surface area contributed by atoms with Gasteiger partial charge in [0.05, 0.1) is 4.92 Å². The minimum Gasteiger partial charge on any atom is -0.347 e. The molecule has 7 heteroatoms. The van der Waals surface area contributed by atoms with Crippen LogP contribution in [-0.4, -0.2) is 53.2 Å². The molecule has 7 nitrogen and oxygen atoms in total. The number of likely N-dealkylation sites (tertiary alicyclic amines) is 1. The third-order valence-electron chi connectivity index (χ3n) is 3.89. The number of aryl methyl sites for hydroxylation is 1. The summed E-state index contributed by atoms with van der Waals surface area (Å²) in [6, 6.07) is 3.93. The zero-order chi connectivity index (χ0) is 16.4. The molecule has 1 fully saturated rings. The van der Waals surface area contributed by atoms with Crippen molar-refractivity contribution in [3.05, 3.63) is 39.4 Å². The van der Waals surface area contributed by atoms with Gasteiger partial charge >= 0.3 is 0 Å². The van der Waals surface area contributed by atoms with E-state index in [0.29, 0.717) is 18.5 Å². The molecule has 0 radical (unpaired) electrons. The van der Waals surface area contributed by atoms with Gasteiger partial charge in [0, 0.05) is 37.8 Å². The SMILES string of the molecule is Cc1ccc(C(=O)N2CCCC2C(=O)N(C)C)cc1[N+](=O)[O-]. The van der Waals surface area contributed by atoms with Crippen molar-refractivity contribution in [2.75, 3.05) is 20.6 Å². The van der Waals surface area contributed by atoms with Crippen LogP contribution in [0.15, 0.2) is 18.2 Å². The molecule has 2 amide bonds. The average molecular weight is 305 g/mol. The van der Waals surface area contributed by atoms with Crippen LogP contribution in [0.2, 0.25) is 0 Å². The van der Waals surface area contributed by atoms with E-state index in [-0.39, 0.29) is 23.1 Å². The van der Waals surface area contributed by atoms with E-state index in [1.54, 1.807) is 33.2 Å². The summed E-state index contributed by atoms with van der Waals surface area (Å²) in [5.41, 5.74) is 0.667. The van der Waals surface area contributed by atoms with Crippen LogP contribution in [0.3, 0.4) is 0 Å². The Labute approximate surface area is 128 Å². The molecule has 1 aromatic carbocycles. The van der Waals surface area contributed by atoms with Gasteiger partial charge in [0.2, 0.25) is 5.91 Å². The summed E-state index contributed by atoms with van der Waals surface area (Å²) >= 11 is 0. The van der Waals surface area contributed by atoms with Gasteiger partial charge in [-0.15, -0.1) is 0 Å². The van der Waals surface area contributed by atoms with Crippen LogP contribution in [0.25, 0.3) is 0 Å². The van der Waals surface area contributed by atoms with E-state index in [1.807, 2.05) is 0 Å². The fourth-order valence-corrected chi connectivity index (χ4v) is 2.67. The number of benzene rings is 1. The van der Waals surface area contributed by atoms with Crippen molar-refractivity contribution in [1.82, 2.24) is 9.80 Å². The van der Waals surface area contributed by atoms with Gasteiger partial charge in [-0.05, 0) is 25.8 Å². The Bertz CT molecular complexity index is 627. The van der Waals surface area contributed by atoms with Crippen molar-refractivity contribution in [2.45, 2.75) is 25.8 Å². The highest BCUT2D eigenvalue weighted by Crippen LogP contribution is 2.24. The minimum absolute atomic E-state index is 0.0828. The number of likely N-dealkylation sites (N-methyl/N-ethyl adjacent to an activating group) is 1. The van der Waals surface area contributed by atoms with Crippen molar-refractivity contribution in [1.29, 1.82) is 0 Å². The minimum atomic E-state index is -0.501. The summed E-state index contributed by atoms with van der Waals surface area (Å²) in [5.74, 6) is -0.451. The summed E-state index contributed by atoms with van der Waals surface area (Å²) in [5, 5.41) is 11.0. The van der Waals surface area contributed by atoms with Crippen LogP contribution >= 0.6 is 0 Å². The fraction of sp³-hybridized carbons (Fsp3) is 0.467. The molecule has 1 heterocycles. The number of carbonyl (C=O) groups is 2. The van der Waals surface area contributed by atoms with E-state index in [0.717, 1.165) is 6.42 Å². The molecule has 1 aliphatic rings. The predicted octanol–water partition coefficient (Wildman–Crippen LogP) is 1.60. The van der Waals surface area contributed by atoms with E-state index < -0.39 is 11.0 Å². The van der Waals surface area contributed by atoms with Gasteiger partial charge in [0.15, 0.2) is 0 Å². The maximum Gasteiger partial charge on any atom is 0.273 e. The number of hydrogen-bond donors (Lipinski definition) is 0. The first-order valence-electron chi connectivity index (χ1n) is 7.10.